The summed E-state index contributed by atoms with van der Waals surface area (Å²) in [5.41, 5.74) is 0.988. The van der Waals surface area contributed by atoms with E-state index < -0.39 is 17.8 Å². The number of rotatable bonds is 5. The second kappa shape index (κ2) is 8.12. The SMILES string of the molecule is COC(=O)CN1C(=O)[C@@H]2[C@H]3C[C@@H]([C@@H]4Sc5[nH]c(=O)sc5[C@H](c5ccc(OC)c(OC)c5)[C@@H]34)[C@H]2C1=O. The lowest BCUT2D eigenvalue weighted by Crippen LogP contribution is -2.42. The fourth-order valence-corrected chi connectivity index (χ4v) is 9.74. The molecule has 7 atom stereocenters. The molecule has 6 rings (SSSR count). The number of aromatic nitrogens is 1. The van der Waals surface area contributed by atoms with Gasteiger partial charge < -0.3 is 19.2 Å². The largest absolute Gasteiger partial charge is 0.493 e. The number of thiazole rings is 1. The first-order valence-corrected chi connectivity index (χ1v) is 13.1. The molecule has 4 aliphatic rings. The van der Waals surface area contributed by atoms with Gasteiger partial charge in [0, 0.05) is 16.0 Å². The molecule has 0 radical (unpaired) electrons. The van der Waals surface area contributed by atoms with Crippen LogP contribution in [0.3, 0.4) is 0 Å². The van der Waals surface area contributed by atoms with E-state index in [1.54, 1.807) is 26.0 Å². The minimum atomic E-state index is -0.603. The van der Waals surface area contributed by atoms with Crippen molar-refractivity contribution in [2.45, 2.75) is 22.6 Å². The quantitative estimate of drug-likeness (QED) is 0.475. The summed E-state index contributed by atoms with van der Waals surface area (Å²) in [7, 11) is 4.41. The second-order valence-corrected chi connectivity index (χ2v) is 11.6. The molecule has 2 saturated carbocycles. The third-order valence-corrected chi connectivity index (χ3v) is 10.7. The minimum absolute atomic E-state index is 0.00158. The number of hydrogen-bond acceptors (Lipinski definition) is 9. The van der Waals surface area contributed by atoms with Crippen LogP contribution in [0.25, 0.3) is 0 Å². The number of amides is 2. The molecule has 2 aromatic rings. The molecular weight excluding hydrogens is 492 g/mol. The number of fused-ring (bicyclic) bond motifs is 9. The Morgan fingerprint density at radius 1 is 1.06 bits per heavy atom. The molecule has 35 heavy (non-hydrogen) atoms. The van der Waals surface area contributed by atoms with Crippen LogP contribution in [0.15, 0.2) is 28.0 Å². The van der Waals surface area contributed by atoms with E-state index in [1.807, 2.05) is 18.2 Å². The van der Waals surface area contributed by atoms with Crippen molar-refractivity contribution in [3.8, 4) is 11.5 Å². The summed E-state index contributed by atoms with van der Waals surface area (Å²) in [6.07, 6.45) is 0.782. The molecule has 1 aromatic carbocycles. The van der Waals surface area contributed by atoms with Gasteiger partial charge in [-0.25, -0.2) is 0 Å². The number of ether oxygens (including phenoxy) is 3. The Balaban J connectivity index is 1.43. The summed E-state index contributed by atoms with van der Waals surface area (Å²) in [5, 5.41) is 0.917. The lowest BCUT2D eigenvalue weighted by molar-refractivity contribution is -0.151. The van der Waals surface area contributed by atoms with E-state index in [9.17, 15) is 19.2 Å². The maximum Gasteiger partial charge on any atom is 0.325 e. The third kappa shape index (κ3) is 3.13. The van der Waals surface area contributed by atoms with Gasteiger partial charge in [0.05, 0.1) is 38.2 Å². The fourth-order valence-electron chi connectivity index (χ4n) is 6.85. The van der Waals surface area contributed by atoms with Gasteiger partial charge in [-0.1, -0.05) is 17.4 Å². The Morgan fingerprint density at radius 3 is 2.46 bits per heavy atom. The molecule has 3 fully saturated rings. The van der Waals surface area contributed by atoms with Crippen molar-refractivity contribution in [3.63, 3.8) is 0 Å². The highest BCUT2D eigenvalue weighted by atomic mass is 32.2. The molecule has 3 heterocycles. The molecule has 11 heteroatoms. The number of H-pyrrole nitrogens is 1. The molecule has 1 saturated heterocycles. The molecule has 0 spiro atoms. The minimum Gasteiger partial charge on any atom is -0.493 e. The van der Waals surface area contributed by atoms with Gasteiger partial charge in [-0.3, -0.25) is 24.1 Å². The number of hydrogen-bond donors (Lipinski definition) is 1. The number of methoxy groups -OCH3 is 3. The maximum atomic E-state index is 13.4. The molecule has 2 aliphatic carbocycles. The summed E-state index contributed by atoms with van der Waals surface area (Å²) in [6.45, 7) is -0.344. The van der Waals surface area contributed by atoms with Gasteiger partial charge in [0.15, 0.2) is 11.5 Å². The number of benzene rings is 1. The predicted octanol–water partition coefficient (Wildman–Crippen LogP) is 2.10. The van der Waals surface area contributed by atoms with Gasteiger partial charge in [-0.2, -0.15) is 0 Å². The highest BCUT2D eigenvalue weighted by Gasteiger charge is 2.69. The highest BCUT2D eigenvalue weighted by Crippen LogP contribution is 2.68. The fraction of sp³-hybridized carbons (Fsp3) is 0.500. The smallest absolute Gasteiger partial charge is 0.325 e. The van der Waals surface area contributed by atoms with E-state index in [0.29, 0.717) is 11.5 Å². The van der Waals surface area contributed by atoms with Crippen molar-refractivity contribution in [1.29, 1.82) is 0 Å². The first kappa shape index (κ1) is 22.7. The third-order valence-electron chi connectivity index (χ3n) is 8.10. The molecule has 184 valence electrons. The Morgan fingerprint density at radius 2 is 1.77 bits per heavy atom. The topological polar surface area (TPSA) is 115 Å². The van der Waals surface area contributed by atoms with E-state index in [4.69, 9.17) is 14.2 Å². The van der Waals surface area contributed by atoms with Crippen molar-refractivity contribution < 1.29 is 28.6 Å². The van der Waals surface area contributed by atoms with Gasteiger partial charge in [-0.05, 0) is 41.9 Å². The van der Waals surface area contributed by atoms with Crippen molar-refractivity contribution in [2.24, 2.45) is 29.6 Å². The van der Waals surface area contributed by atoms with Crippen LogP contribution in [0.5, 0.6) is 11.5 Å². The van der Waals surface area contributed by atoms with E-state index in [-0.39, 0.29) is 52.2 Å². The Hall–Kier alpha value is -2.79. The summed E-state index contributed by atoms with van der Waals surface area (Å²) < 4.78 is 15.7. The standard InChI is InChI=1S/C24H24N2O7S2/c1-31-12-5-4-9(6-13(12)32-2)15-16-10-7-11(19(16)34-21-20(15)35-24(30)25-21)18-17(10)22(28)26(23(18)29)8-14(27)33-3/h4-6,10-11,15-19H,7-8H2,1-3H3,(H,25,30)/t10-,11+,15+,16+,17+,18+,19-/m0/s1. The summed E-state index contributed by atoms with van der Waals surface area (Å²) in [6, 6.07) is 5.79. The number of esters is 1. The van der Waals surface area contributed by atoms with Crippen LogP contribution < -0.4 is 14.3 Å². The van der Waals surface area contributed by atoms with Gasteiger partial charge >= 0.3 is 10.8 Å². The van der Waals surface area contributed by atoms with Crippen LogP contribution in [-0.4, -0.2) is 60.8 Å². The summed E-state index contributed by atoms with van der Waals surface area (Å²) in [5.74, 6) is -0.888. The zero-order chi connectivity index (χ0) is 24.6. The van der Waals surface area contributed by atoms with E-state index in [0.717, 1.165) is 26.8 Å². The number of aromatic amines is 1. The van der Waals surface area contributed by atoms with Crippen LogP contribution in [0.1, 0.15) is 22.8 Å². The summed E-state index contributed by atoms with van der Waals surface area (Å²) >= 11 is 2.83. The van der Waals surface area contributed by atoms with Gasteiger partial charge in [-0.15, -0.1) is 11.8 Å². The molecule has 2 bridgehead atoms. The first-order valence-electron chi connectivity index (χ1n) is 11.4. The van der Waals surface area contributed by atoms with E-state index in [1.165, 1.54) is 18.4 Å². The van der Waals surface area contributed by atoms with Gasteiger partial charge in [0.2, 0.25) is 11.8 Å². The monoisotopic (exact) mass is 516 g/mol. The second-order valence-electron chi connectivity index (χ2n) is 9.41. The van der Waals surface area contributed by atoms with Crippen molar-refractivity contribution in [2.75, 3.05) is 27.9 Å². The average molecular weight is 517 g/mol. The van der Waals surface area contributed by atoms with Gasteiger partial charge in [0.1, 0.15) is 6.54 Å². The number of carbonyl (C=O) groups is 3. The zero-order valence-corrected chi connectivity index (χ0v) is 20.9. The van der Waals surface area contributed by atoms with Crippen LogP contribution in [0, 0.1) is 29.6 Å². The number of nitrogens with one attached hydrogen (secondary N) is 1. The Labute approximate surface area is 209 Å². The van der Waals surface area contributed by atoms with Crippen molar-refractivity contribution >= 4 is 40.9 Å². The number of thioether (sulfide) groups is 1. The first-order chi connectivity index (χ1) is 16.9. The Bertz CT molecular complexity index is 1300. The van der Waals surface area contributed by atoms with Crippen molar-refractivity contribution in [3.05, 3.63) is 38.3 Å². The molecule has 1 aromatic heterocycles. The normalized spacial score (nSPS) is 32.3. The molecular formula is C24H24N2O7S2. The van der Waals surface area contributed by atoms with Crippen LogP contribution >= 0.6 is 23.1 Å². The number of nitrogens with zero attached hydrogens (tertiary/aromatic N) is 1. The van der Waals surface area contributed by atoms with Gasteiger partial charge in [0.25, 0.3) is 0 Å². The molecule has 1 N–H and O–H groups in total. The highest BCUT2D eigenvalue weighted by molar-refractivity contribution is 8.00. The molecule has 9 nitrogen and oxygen atoms in total. The van der Waals surface area contributed by atoms with E-state index in [2.05, 4.69) is 4.98 Å². The number of imide groups is 1. The lowest BCUT2D eigenvalue weighted by atomic mass is 9.68. The van der Waals surface area contributed by atoms with Crippen molar-refractivity contribution in [1.82, 2.24) is 9.88 Å². The summed E-state index contributed by atoms with van der Waals surface area (Å²) in [4.78, 5) is 55.8. The average Bonchev–Trinajstić information content (AvgIpc) is 3.59. The van der Waals surface area contributed by atoms with Crippen LogP contribution in [0.4, 0.5) is 0 Å². The number of carbonyl (C=O) groups excluding carboxylic acids is 3. The molecule has 2 amide bonds. The Kier molecular flexibility index (Phi) is 5.26. The molecule has 2 aliphatic heterocycles. The van der Waals surface area contributed by atoms with Crippen LogP contribution in [-0.2, 0) is 19.1 Å². The van der Waals surface area contributed by atoms with Crippen LogP contribution in [0.2, 0.25) is 0 Å². The lowest BCUT2D eigenvalue weighted by Gasteiger charge is -2.43. The molecule has 0 unspecified atom stereocenters. The maximum absolute atomic E-state index is 13.4. The number of likely N-dealkylation sites (tertiary alicyclic amines) is 1. The zero-order valence-electron chi connectivity index (χ0n) is 19.3. The van der Waals surface area contributed by atoms with E-state index >= 15 is 0 Å². The predicted molar refractivity (Wildman–Crippen MR) is 127 cm³/mol.